The number of rotatable bonds is 8. The van der Waals surface area contributed by atoms with Gasteiger partial charge in [0, 0.05) is 50.4 Å². The first kappa shape index (κ1) is 25.9. The van der Waals surface area contributed by atoms with Gasteiger partial charge in [-0.2, -0.15) is 4.98 Å². The molecule has 5 rings (SSSR count). The molecule has 2 aromatic carbocycles. The van der Waals surface area contributed by atoms with E-state index < -0.39 is 10.0 Å². The molecular formula is C27H32FN7O2S. The Hall–Kier alpha value is -3.70. The monoisotopic (exact) mass is 537 g/mol. The minimum atomic E-state index is -3.47. The standard InChI is InChI=1S/C27H32FN7O2S/c1-4-35(38(3,36)37)25-11-6-5-9-23(25)30-26-20-8-7-10-22(20)31-27(32-26)29-19-12-13-24(21(28)18-19)34-16-14-33(2)15-17-34/h5-9,11-13,18H,4,10,14-17H2,1-3H3,(H2,29,30,31,32). The highest BCUT2D eigenvalue weighted by molar-refractivity contribution is 7.92. The Morgan fingerprint density at radius 2 is 1.82 bits per heavy atom. The highest BCUT2D eigenvalue weighted by Gasteiger charge is 2.22. The number of allylic oxidation sites excluding steroid dienone is 1. The molecule has 1 aromatic heterocycles. The lowest BCUT2D eigenvalue weighted by Crippen LogP contribution is -2.44. The number of nitrogens with zero attached hydrogens (tertiary/aromatic N) is 5. The van der Waals surface area contributed by atoms with Gasteiger partial charge in [0.05, 0.1) is 29.0 Å². The van der Waals surface area contributed by atoms with Crippen LogP contribution >= 0.6 is 0 Å². The fourth-order valence-electron chi connectivity index (χ4n) is 4.81. The number of anilines is 6. The maximum atomic E-state index is 15.1. The normalized spacial score (nSPS) is 15.4. The van der Waals surface area contributed by atoms with Crippen molar-refractivity contribution >= 4 is 50.6 Å². The first-order valence-electron chi connectivity index (χ1n) is 12.6. The van der Waals surface area contributed by atoms with Gasteiger partial charge in [0.2, 0.25) is 16.0 Å². The number of fused-ring (bicyclic) bond motifs is 1. The molecule has 2 N–H and O–H groups in total. The van der Waals surface area contributed by atoms with E-state index in [-0.39, 0.29) is 5.82 Å². The maximum Gasteiger partial charge on any atom is 0.232 e. The van der Waals surface area contributed by atoms with Gasteiger partial charge in [-0.05, 0) is 44.3 Å². The molecule has 200 valence electrons. The first-order valence-corrected chi connectivity index (χ1v) is 14.5. The van der Waals surface area contributed by atoms with Crippen molar-refractivity contribution in [1.29, 1.82) is 0 Å². The number of sulfonamides is 1. The Balaban J connectivity index is 1.42. The van der Waals surface area contributed by atoms with Crippen molar-refractivity contribution in [2.45, 2.75) is 13.3 Å². The van der Waals surface area contributed by atoms with E-state index in [4.69, 9.17) is 0 Å². The van der Waals surface area contributed by atoms with Crippen LogP contribution in [0.4, 0.5) is 38.9 Å². The maximum absolute atomic E-state index is 15.1. The van der Waals surface area contributed by atoms with Crippen molar-refractivity contribution in [3.05, 3.63) is 65.6 Å². The first-order chi connectivity index (χ1) is 18.2. The van der Waals surface area contributed by atoms with Crippen molar-refractivity contribution in [1.82, 2.24) is 14.9 Å². The molecular weight excluding hydrogens is 505 g/mol. The minimum Gasteiger partial charge on any atom is -0.367 e. The summed E-state index contributed by atoms with van der Waals surface area (Å²) in [5.41, 5.74) is 3.94. The van der Waals surface area contributed by atoms with Gasteiger partial charge < -0.3 is 20.4 Å². The molecule has 2 aliphatic rings. The molecule has 3 aromatic rings. The third kappa shape index (κ3) is 5.44. The summed E-state index contributed by atoms with van der Waals surface area (Å²) in [4.78, 5) is 13.6. The summed E-state index contributed by atoms with van der Waals surface area (Å²) in [6.45, 7) is 5.45. The number of hydrogen-bond donors (Lipinski definition) is 2. The molecule has 0 amide bonds. The molecule has 0 saturated carbocycles. The summed E-state index contributed by atoms with van der Waals surface area (Å²) in [5, 5.41) is 6.47. The van der Waals surface area contributed by atoms with Gasteiger partial charge in [0.15, 0.2) is 0 Å². The lowest BCUT2D eigenvalue weighted by Gasteiger charge is -2.34. The molecule has 0 spiro atoms. The number of nitrogens with one attached hydrogen (secondary N) is 2. The van der Waals surface area contributed by atoms with E-state index in [0.29, 0.717) is 47.5 Å². The lowest BCUT2D eigenvalue weighted by molar-refractivity contribution is 0.311. The second-order valence-electron chi connectivity index (χ2n) is 9.51. The van der Waals surface area contributed by atoms with Crippen LogP contribution in [0.5, 0.6) is 0 Å². The average Bonchev–Trinajstić information content (AvgIpc) is 3.35. The fraction of sp³-hybridized carbons (Fsp3) is 0.333. The molecule has 1 aliphatic heterocycles. The highest BCUT2D eigenvalue weighted by atomic mass is 32.2. The predicted octanol–water partition coefficient (Wildman–Crippen LogP) is 4.21. The van der Waals surface area contributed by atoms with E-state index in [1.54, 1.807) is 25.1 Å². The zero-order valence-electron chi connectivity index (χ0n) is 21.8. The number of likely N-dealkylation sites (N-methyl/N-ethyl adjacent to an activating group) is 1. The van der Waals surface area contributed by atoms with Crippen LogP contribution in [0, 0.1) is 5.82 Å². The molecule has 9 nitrogen and oxygen atoms in total. The largest absolute Gasteiger partial charge is 0.367 e. The van der Waals surface area contributed by atoms with Crippen LogP contribution in [0.3, 0.4) is 0 Å². The van der Waals surface area contributed by atoms with Gasteiger partial charge in [-0.3, -0.25) is 4.31 Å². The summed E-state index contributed by atoms with van der Waals surface area (Å²) in [6, 6.07) is 12.3. The summed E-state index contributed by atoms with van der Waals surface area (Å²) < 4.78 is 41.2. The van der Waals surface area contributed by atoms with Crippen molar-refractivity contribution < 1.29 is 12.8 Å². The van der Waals surface area contributed by atoms with E-state index in [1.165, 1.54) is 16.6 Å². The molecule has 0 atom stereocenters. The van der Waals surface area contributed by atoms with E-state index in [9.17, 15) is 8.42 Å². The van der Waals surface area contributed by atoms with E-state index in [0.717, 1.165) is 37.4 Å². The Kier molecular flexibility index (Phi) is 7.22. The van der Waals surface area contributed by atoms with E-state index in [2.05, 4.69) is 37.4 Å². The number of para-hydroxylation sites is 2. The summed E-state index contributed by atoms with van der Waals surface area (Å²) in [7, 11) is -1.40. The minimum absolute atomic E-state index is 0.293. The fourth-order valence-corrected chi connectivity index (χ4v) is 5.80. The van der Waals surface area contributed by atoms with E-state index in [1.807, 2.05) is 30.4 Å². The van der Waals surface area contributed by atoms with E-state index >= 15 is 4.39 Å². The number of piperazine rings is 1. The van der Waals surface area contributed by atoms with Gasteiger partial charge in [-0.1, -0.05) is 24.3 Å². The van der Waals surface area contributed by atoms with Crippen molar-refractivity contribution in [2.24, 2.45) is 0 Å². The van der Waals surface area contributed by atoms with Crippen molar-refractivity contribution in [3.8, 4) is 0 Å². The Morgan fingerprint density at radius 3 is 2.53 bits per heavy atom. The van der Waals surface area contributed by atoms with Crippen LogP contribution in [0.25, 0.3) is 6.08 Å². The Morgan fingerprint density at radius 1 is 1.05 bits per heavy atom. The molecule has 0 bridgehead atoms. The summed E-state index contributed by atoms with van der Waals surface area (Å²) in [6.07, 6.45) is 5.78. The summed E-state index contributed by atoms with van der Waals surface area (Å²) in [5.74, 6) is 0.572. The van der Waals surface area contributed by atoms with Gasteiger partial charge in [0.1, 0.15) is 11.6 Å². The SMILES string of the molecule is CCN(c1ccccc1Nc1nc(Nc2ccc(N3CCN(C)CC3)c(F)c2)nc2c1C=CC2)S(C)(=O)=O. The number of halogens is 1. The molecule has 0 radical (unpaired) electrons. The van der Waals surface area contributed by atoms with Crippen molar-refractivity contribution in [3.63, 3.8) is 0 Å². The lowest BCUT2D eigenvalue weighted by atomic mass is 10.2. The molecule has 2 heterocycles. The van der Waals surface area contributed by atoms with Crippen LogP contribution in [0.1, 0.15) is 18.2 Å². The second kappa shape index (κ2) is 10.6. The highest BCUT2D eigenvalue weighted by Crippen LogP contribution is 2.34. The molecule has 0 unspecified atom stereocenters. The van der Waals surface area contributed by atoms with Crippen molar-refractivity contribution in [2.75, 3.05) is 65.9 Å². The molecule has 1 aliphatic carbocycles. The van der Waals surface area contributed by atoms with Crippen LogP contribution in [0.2, 0.25) is 0 Å². The molecule has 38 heavy (non-hydrogen) atoms. The van der Waals surface area contributed by atoms with Gasteiger partial charge in [0.25, 0.3) is 0 Å². The third-order valence-corrected chi connectivity index (χ3v) is 8.04. The second-order valence-corrected chi connectivity index (χ2v) is 11.4. The molecule has 1 saturated heterocycles. The van der Waals surface area contributed by atoms with Crippen LogP contribution in [-0.4, -0.2) is 69.3 Å². The zero-order valence-corrected chi connectivity index (χ0v) is 22.6. The topological polar surface area (TPSA) is 93.7 Å². The molecule has 11 heteroatoms. The van der Waals surface area contributed by atoms with Crippen LogP contribution in [-0.2, 0) is 16.4 Å². The van der Waals surface area contributed by atoms with Crippen LogP contribution < -0.4 is 19.8 Å². The predicted molar refractivity (Wildman–Crippen MR) is 152 cm³/mol. The van der Waals surface area contributed by atoms with Gasteiger partial charge in [-0.15, -0.1) is 0 Å². The van der Waals surface area contributed by atoms with Gasteiger partial charge in [-0.25, -0.2) is 17.8 Å². The molecule has 1 fully saturated rings. The number of benzene rings is 2. The van der Waals surface area contributed by atoms with Crippen LogP contribution in [0.15, 0.2) is 48.5 Å². The Bertz CT molecular complexity index is 1470. The quantitative estimate of drug-likeness (QED) is 0.442. The summed E-state index contributed by atoms with van der Waals surface area (Å²) >= 11 is 0. The third-order valence-electron chi connectivity index (χ3n) is 6.78. The van der Waals surface area contributed by atoms with Gasteiger partial charge >= 0.3 is 0 Å². The number of aromatic nitrogens is 2. The smallest absolute Gasteiger partial charge is 0.232 e. The Labute approximate surface area is 223 Å². The average molecular weight is 538 g/mol. The number of hydrogen-bond acceptors (Lipinski definition) is 8. The zero-order chi connectivity index (χ0) is 26.9.